The second kappa shape index (κ2) is 9.82. The van der Waals surface area contributed by atoms with Gasteiger partial charge in [-0.2, -0.15) is 0 Å². The van der Waals surface area contributed by atoms with Crippen molar-refractivity contribution in [3.05, 3.63) is 18.3 Å². The summed E-state index contributed by atoms with van der Waals surface area (Å²) in [6.07, 6.45) is 1.21. The number of likely N-dealkylation sites (tertiary alicyclic amines) is 1. The summed E-state index contributed by atoms with van der Waals surface area (Å²) in [5.74, 6) is -0.434. The second-order valence-electron chi connectivity index (χ2n) is 8.29. The van der Waals surface area contributed by atoms with Crippen molar-refractivity contribution in [2.24, 2.45) is 11.3 Å². The lowest BCUT2D eigenvalue weighted by atomic mass is 9.85. The molecular weight excluding hydrogens is 389 g/mol. The monoisotopic (exact) mass is 417 g/mol. The number of hydrogen-bond donors (Lipinski definition) is 1. The molecule has 1 aliphatic rings. The minimum Gasteiger partial charge on any atom is -0.493 e. The van der Waals surface area contributed by atoms with E-state index in [0.717, 1.165) is 0 Å². The van der Waals surface area contributed by atoms with E-state index in [9.17, 15) is 14.4 Å². The fourth-order valence-corrected chi connectivity index (χ4v) is 3.37. The molecule has 0 bridgehead atoms. The Morgan fingerprint density at radius 2 is 2.00 bits per heavy atom. The average molecular weight is 417 g/mol. The van der Waals surface area contributed by atoms with Crippen LogP contribution in [0.3, 0.4) is 0 Å². The Kier molecular flexibility index (Phi) is 7.69. The van der Waals surface area contributed by atoms with Gasteiger partial charge in [-0.3, -0.25) is 9.78 Å². The number of alkyl carbamates (subject to hydrolysis) is 1. The number of nitrogens with zero attached hydrogens (tertiary/aromatic N) is 2. The molecule has 1 N–H and O–H groups in total. The molecule has 1 aromatic heterocycles. The van der Waals surface area contributed by atoms with Crippen LogP contribution in [-0.4, -0.2) is 75.2 Å². The van der Waals surface area contributed by atoms with Gasteiger partial charge >= 0.3 is 12.1 Å². The van der Waals surface area contributed by atoms with Crippen LogP contribution in [0.25, 0.3) is 0 Å². The van der Waals surface area contributed by atoms with Crippen LogP contribution in [0.1, 0.15) is 27.2 Å². The van der Waals surface area contributed by atoms with Gasteiger partial charge in [0.25, 0.3) is 0 Å². The third kappa shape index (κ3) is 5.87. The lowest BCUT2D eigenvalue weighted by Gasteiger charge is -2.34. The van der Waals surface area contributed by atoms with Crippen LogP contribution in [0.4, 0.5) is 4.79 Å². The number of pyridine rings is 1. The summed E-state index contributed by atoms with van der Waals surface area (Å²) in [6, 6.07) is 1.65. The minimum absolute atomic E-state index is 0.105. The SMILES string of the molecule is [B]c1cc(OC[C@@H]2C[C@@H](C(=O)OC)N(C(=O)[C@@H](NC(=O)OC)C(C)(C)C)C2)ccn1. The quantitative estimate of drug-likeness (QED) is 0.528. The van der Waals surface area contributed by atoms with E-state index in [-0.39, 0.29) is 25.0 Å². The Morgan fingerprint density at radius 3 is 2.57 bits per heavy atom. The smallest absolute Gasteiger partial charge is 0.407 e. The molecule has 1 aliphatic heterocycles. The number of esters is 1. The first-order valence-corrected chi connectivity index (χ1v) is 9.64. The zero-order chi connectivity index (χ0) is 22.5. The molecule has 2 amide bonds. The van der Waals surface area contributed by atoms with Gasteiger partial charge < -0.3 is 24.4 Å². The fourth-order valence-electron chi connectivity index (χ4n) is 3.37. The number of hydrogen-bond acceptors (Lipinski definition) is 7. The van der Waals surface area contributed by atoms with Crippen molar-refractivity contribution >= 4 is 31.4 Å². The van der Waals surface area contributed by atoms with Gasteiger partial charge in [0.15, 0.2) is 0 Å². The number of rotatable bonds is 6. The Bertz CT molecular complexity index is 782. The summed E-state index contributed by atoms with van der Waals surface area (Å²) >= 11 is 0. The topological polar surface area (TPSA) is 107 Å². The molecule has 2 heterocycles. The number of amides is 2. The van der Waals surface area contributed by atoms with Crippen molar-refractivity contribution in [3.8, 4) is 5.75 Å². The van der Waals surface area contributed by atoms with Gasteiger partial charge in [-0.05, 0) is 29.6 Å². The molecule has 162 valence electrons. The van der Waals surface area contributed by atoms with Crippen LogP contribution in [0, 0.1) is 11.3 Å². The lowest BCUT2D eigenvalue weighted by Crippen LogP contribution is -2.56. The van der Waals surface area contributed by atoms with Gasteiger partial charge in [0.2, 0.25) is 5.91 Å². The summed E-state index contributed by atoms with van der Waals surface area (Å²) < 4.78 is 15.3. The van der Waals surface area contributed by atoms with Gasteiger partial charge in [-0.15, -0.1) is 0 Å². The molecule has 1 saturated heterocycles. The average Bonchev–Trinajstić information content (AvgIpc) is 3.12. The van der Waals surface area contributed by atoms with Gasteiger partial charge in [0, 0.05) is 18.7 Å². The first-order valence-electron chi connectivity index (χ1n) is 9.64. The van der Waals surface area contributed by atoms with Crippen LogP contribution in [0.5, 0.6) is 5.75 Å². The Hall–Kier alpha value is -2.78. The van der Waals surface area contributed by atoms with Crippen LogP contribution in [0.2, 0.25) is 0 Å². The third-order valence-corrected chi connectivity index (χ3v) is 4.94. The maximum atomic E-state index is 13.3. The van der Waals surface area contributed by atoms with Gasteiger partial charge in [-0.1, -0.05) is 20.8 Å². The van der Waals surface area contributed by atoms with E-state index in [4.69, 9.17) is 17.3 Å². The molecule has 0 unspecified atom stereocenters. The summed E-state index contributed by atoms with van der Waals surface area (Å²) in [5, 5.41) is 2.58. The number of carbonyl (C=O) groups is 3. The van der Waals surface area contributed by atoms with Gasteiger partial charge in [-0.25, -0.2) is 9.59 Å². The van der Waals surface area contributed by atoms with Crippen molar-refractivity contribution in [1.82, 2.24) is 15.2 Å². The lowest BCUT2D eigenvalue weighted by molar-refractivity contribution is -0.152. The van der Waals surface area contributed by atoms with E-state index in [1.807, 2.05) is 20.8 Å². The highest BCUT2D eigenvalue weighted by molar-refractivity contribution is 6.30. The molecule has 2 rings (SSSR count). The zero-order valence-corrected chi connectivity index (χ0v) is 18.0. The molecule has 0 spiro atoms. The molecule has 0 aliphatic carbocycles. The molecule has 2 radical (unpaired) electrons. The first-order chi connectivity index (χ1) is 14.1. The highest BCUT2D eigenvalue weighted by Gasteiger charge is 2.45. The molecular formula is C20H28BN3O6. The maximum Gasteiger partial charge on any atom is 0.407 e. The third-order valence-electron chi connectivity index (χ3n) is 4.94. The number of ether oxygens (including phenoxy) is 3. The van der Waals surface area contributed by atoms with E-state index in [1.54, 1.807) is 18.3 Å². The molecule has 30 heavy (non-hydrogen) atoms. The first kappa shape index (κ1) is 23.5. The second-order valence-corrected chi connectivity index (χ2v) is 8.29. The van der Waals surface area contributed by atoms with Crippen LogP contribution in [-0.2, 0) is 19.1 Å². The largest absolute Gasteiger partial charge is 0.493 e. The maximum absolute atomic E-state index is 13.3. The summed E-state index contributed by atoms with van der Waals surface area (Å²) in [4.78, 5) is 42.8. The van der Waals surface area contributed by atoms with Crippen molar-refractivity contribution in [2.45, 2.75) is 39.3 Å². The van der Waals surface area contributed by atoms with Crippen LogP contribution in [0.15, 0.2) is 18.3 Å². The van der Waals surface area contributed by atoms with Crippen LogP contribution >= 0.6 is 0 Å². The van der Waals surface area contributed by atoms with E-state index in [2.05, 4.69) is 15.0 Å². The molecule has 10 heteroatoms. The molecule has 0 saturated carbocycles. The number of aromatic nitrogens is 1. The highest BCUT2D eigenvalue weighted by Crippen LogP contribution is 2.29. The molecule has 1 fully saturated rings. The van der Waals surface area contributed by atoms with Crippen LogP contribution < -0.4 is 15.6 Å². The Morgan fingerprint density at radius 1 is 1.30 bits per heavy atom. The van der Waals surface area contributed by atoms with Crippen molar-refractivity contribution in [2.75, 3.05) is 27.4 Å². The predicted octanol–water partition coefficient (Wildman–Crippen LogP) is 0.415. The minimum atomic E-state index is -0.878. The van der Waals surface area contributed by atoms with E-state index in [0.29, 0.717) is 17.8 Å². The van der Waals surface area contributed by atoms with Crippen molar-refractivity contribution < 1.29 is 28.6 Å². The molecule has 0 aromatic carbocycles. The summed E-state index contributed by atoms with van der Waals surface area (Å²) in [6.45, 7) is 6.04. The highest BCUT2D eigenvalue weighted by atomic mass is 16.5. The Balaban J connectivity index is 2.17. The standard InChI is InChI=1S/C20H28BN3O6/c1-20(2,3)16(23-19(27)29-5)17(25)24-10-12(8-14(24)18(26)28-4)11-30-13-6-7-22-15(21)9-13/h6-7,9,12,14,16H,8,10-11H2,1-5H3,(H,23,27)/t12-,14+,16-/m1/s1. The predicted molar refractivity (Wildman–Crippen MR) is 110 cm³/mol. The van der Waals surface area contributed by atoms with Gasteiger partial charge in [0.1, 0.15) is 25.7 Å². The van der Waals surface area contributed by atoms with Crippen molar-refractivity contribution in [3.63, 3.8) is 0 Å². The molecule has 9 nitrogen and oxygen atoms in total. The zero-order valence-electron chi connectivity index (χ0n) is 18.0. The number of carbonyl (C=O) groups excluding carboxylic acids is 3. The van der Waals surface area contributed by atoms with Gasteiger partial charge in [0.05, 0.1) is 20.8 Å². The Labute approximate surface area is 177 Å². The molecule has 3 atom stereocenters. The fraction of sp³-hybridized carbons (Fsp3) is 0.600. The summed E-state index contributed by atoms with van der Waals surface area (Å²) in [7, 11) is 8.17. The van der Waals surface area contributed by atoms with E-state index in [1.165, 1.54) is 19.1 Å². The van der Waals surface area contributed by atoms with E-state index >= 15 is 0 Å². The van der Waals surface area contributed by atoms with E-state index < -0.39 is 29.6 Å². The number of methoxy groups -OCH3 is 2. The normalized spacial score (nSPS) is 19.7. The number of nitrogens with one attached hydrogen (secondary N) is 1. The summed E-state index contributed by atoms with van der Waals surface area (Å²) in [5.41, 5.74) is -0.264. The molecule has 1 aromatic rings. The van der Waals surface area contributed by atoms with Crippen molar-refractivity contribution in [1.29, 1.82) is 0 Å².